The number of allylic oxidation sites excluding steroid dienone is 1. The van der Waals surface area contributed by atoms with Crippen LogP contribution in [0.4, 0.5) is 10.1 Å². The van der Waals surface area contributed by atoms with Crippen LogP contribution in [0.2, 0.25) is 0 Å². The molecule has 1 heterocycles. The summed E-state index contributed by atoms with van der Waals surface area (Å²) < 4.78 is 15.0. The van der Waals surface area contributed by atoms with Crippen molar-refractivity contribution in [2.45, 2.75) is 23.9 Å². The van der Waals surface area contributed by atoms with Crippen LogP contribution in [-0.2, 0) is 11.3 Å². The van der Waals surface area contributed by atoms with E-state index < -0.39 is 5.25 Å². The molecule has 0 aliphatic heterocycles. The van der Waals surface area contributed by atoms with Gasteiger partial charge in [0.25, 0.3) is 0 Å². The predicted octanol–water partition coefficient (Wildman–Crippen LogP) is 4.38. The van der Waals surface area contributed by atoms with Gasteiger partial charge in [-0.15, -0.1) is 16.8 Å². The van der Waals surface area contributed by atoms with Crippen molar-refractivity contribution in [2.24, 2.45) is 0 Å². The summed E-state index contributed by atoms with van der Waals surface area (Å²) in [6.45, 7) is 6.17. The molecule has 5 nitrogen and oxygen atoms in total. The van der Waals surface area contributed by atoms with Gasteiger partial charge in [-0.25, -0.2) is 4.39 Å². The van der Waals surface area contributed by atoms with Crippen LogP contribution in [0.5, 0.6) is 0 Å². The summed E-state index contributed by atoms with van der Waals surface area (Å²) in [5.74, 6) is 0.182. The quantitative estimate of drug-likeness (QED) is 0.486. The molecule has 1 aromatic heterocycles. The molecular weight excluding hydrogens is 363 g/mol. The highest BCUT2D eigenvalue weighted by Gasteiger charge is 2.25. The van der Waals surface area contributed by atoms with Crippen molar-refractivity contribution in [1.82, 2.24) is 14.8 Å². The third kappa shape index (κ3) is 4.62. The normalized spacial score (nSPS) is 11.8. The lowest BCUT2D eigenvalue weighted by atomic mass is 10.1. The first-order valence-corrected chi connectivity index (χ1v) is 9.25. The Hall–Kier alpha value is -2.93. The molecule has 1 unspecified atom stereocenters. The van der Waals surface area contributed by atoms with Gasteiger partial charge in [0.05, 0.1) is 0 Å². The van der Waals surface area contributed by atoms with E-state index in [1.165, 1.54) is 36.0 Å². The van der Waals surface area contributed by atoms with Gasteiger partial charge in [0.1, 0.15) is 16.9 Å². The number of carbonyl (C=O) groups is 1. The minimum Gasteiger partial charge on any atom is -0.325 e. The van der Waals surface area contributed by atoms with E-state index in [-0.39, 0.29) is 11.7 Å². The number of carbonyl (C=O) groups excluding carboxylic acids is 1. The van der Waals surface area contributed by atoms with Gasteiger partial charge in [0, 0.05) is 12.2 Å². The first-order valence-electron chi connectivity index (χ1n) is 8.37. The smallest absolute Gasteiger partial charge is 0.242 e. The zero-order valence-electron chi connectivity index (χ0n) is 14.8. The minimum atomic E-state index is -0.539. The second kappa shape index (κ2) is 8.64. The lowest BCUT2D eigenvalue weighted by Crippen LogP contribution is -2.19. The molecule has 0 bridgehead atoms. The number of rotatable bonds is 7. The van der Waals surface area contributed by atoms with Crippen LogP contribution in [0.1, 0.15) is 16.6 Å². The number of benzene rings is 2. The van der Waals surface area contributed by atoms with E-state index >= 15 is 0 Å². The summed E-state index contributed by atoms with van der Waals surface area (Å²) in [6, 6.07) is 15.1. The lowest BCUT2D eigenvalue weighted by Gasteiger charge is -2.17. The summed E-state index contributed by atoms with van der Waals surface area (Å²) in [5.41, 5.74) is 1.37. The van der Waals surface area contributed by atoms with Crippen molar-refractivity contribution >= 4 is 23.4 Å². The fourth-order valence-electron chi connectivity index (χ4n) is 2.54. The number of aromatic nitrogens is 3. The number of amides is 1. The molecule has 1 amide bonds. The van der Waals surface area contributed by atoms with E-state index in [0.29, 0.717) is 17.4 Å². The largest absolute Gasteiger partial charge is 0.325 e. The number of anilines is 1. The van der Waals surface area contributed by atoms with Crippen molar-refractivity contribution in [2.75, 3.05) is 5.32 Å². The van der Waals surface area contributed by atoms with Crippen LogP contribution >= 0.6 is 11.8 Å². The van der Waals surface area contributed by atoms with Gasteiger partial charge in [-0.05, 0) is 36.8 Å². The average molecular weight is 382 g/mol. The highest BCUT2D eigenvalue weighted by molar-refractivity contribution is 8.00. The van der Waals surface area contributed by atoms with E-state index in [1.807, 2.05) is 41.8 Å². The molecule has 3 rings (SSSR count). The van der Waals surface area contributed by atoms with Crippen molar-refractivity contribution < 1.29 is 9.18 Å². The Morgan fingerprint density at radius 1 is 1.22 bits per heavy atom. The van der Waals surface area contributed by atoms with E-state index in [0.717, 1.165) is 11.4 Å². The number of halogens is 1. The molecule has 1 N–H and O–H groups in total. The summed E-state index contributed by atoms with van der Waals surface area (Å²) in [6.07, 6.45) is 1.76. The van der Waals surface area contributed by atoms with E-state index in [1.54, 1.807) is 6.08 Å². The zero-order valence-corrected chi connectivity index (χ0v) is 15.6. The minimum absolute atomic E-state index is 0.219. The monoisotopic (exact) mass is 382 g/mol. The summed E-state index contributed by atoms with van der Waals surface area (Å²) in [7, 11) is 0. The fourth-order valence-corrected chi connectivity index (χ4v) is 3.63. The van der Waals surface area contributed by atoms with Crippen LogP contribution in [0.3, 0.4) is 0 Å². The molecule has 0 saturated heterocycles. The fraction of sp³-hybridized carbons (Fsp3) is 0.150. The number of aryl methyl sites for hydroxylation is 1. The standard InChI is InChI=1S/C20H19FN4OS/c1-3-13-25-14(2)23-24-20(25)27-18(15-7-5-4-6-8-15)19(26)22-17-11-9-16(21)10-12-17/h3-12,18H,1,13H2,2H3,(H,22,26). The molecule has 0 spiro atoms. The van der Waals surface area contributed by atoms with Gasteiger partial charge in [-0.1, -0.05) is 48.2 Å². The second-order valence-corrected chi connectivity index (χ2v) is 6.91. The zero-order chi connectivity index (χ0) is 19.2. The second-order valence-electron chi connectivity index (χ2n) is 5.83. The topological polar surface area (TPSA) is 59.8 Å². The van der Waals surface area contributed by atoms with E-state index in [4.69, 9.17) is 0 Å². The molecule has 3 aromatic rings. The van der Waals surface area contributed by atoms with Gasteiger partial charge in [-0.2, -0.15) is 0 Å². The molecule has 0 aliphatic carbocycles. The molecule has 0 radical (unpaired) electrons. The first-order chi connectivity index (χ1) is 13.1. The van der Waals surface area contributed by atoms with Crippen LogP contribution in [0, 0.1) is 12.7 Å². The molecular formula is C20H19FN4OS. The Morgan fingerprint density at radius 2 is 1.93 bits per heavy atom. The lowest BCUT2D eigenvalue weighted by molar-refractivity contribution is -0.115. The molecule has 0 fully saturated rings. The van der Waals surface area contributed by atoms with Crippen LogP contribution in [0.15, 0.2) is 72.4 Å². The molecule has 7 heteroatoms. The third-order valence-corrected chi connectivity index (χ3v) is 5.12. The van der Waals surface area contributed by atoms with Crippen molar-refractivity contribution in [3.63, 3.8) is 0 Å². The van der Waals surface area contributed by atoms with Crippen molar-refractivity contribution in [3.8, 4) is 0 Å². The Kier molecular flexibility index (Phi) is 6.03. The number of nitrogens with zero attached hydrogens (tertiary/aromatic N) is 3. The van der Waals surface area contributed by atoms with Gasteiger partial charge in [0.2, 0.25) is 5.91 Å². The van der Waals surface area contributed by atoms with Gasteiger partial charge >= 0.3 is 0 Å². The molecule has 2 aromatic carbocycles. The summed E-state index contributed by atoms with van der Waals surface area (Å²) in [5, 5.41) is 11.2. The average Bonchev–Trinajstić information content (AvgIpc) is 3.02. The van der Waals surface area contributed by atoms with Crippen LogP contribution in [0.25, 0.3) is 0 Å². The number of nitrogens with one attached hydrogen (secondary N) is 1. The SMILES string of the molecule is C=CCn1c(C)nnc1SC(C(=O)Nc1ccc(F)cc1)c1ccccc1. The molecule has 27 heavy (non-hydrogen) atoms. The molecule has 0 saturated carbocycles. The van der Waals surface area contributed by atoms with Gasteiger partial charge in [0.15, 0.2) is 5.16 Å². The maximum Gasteiger partial charge on any atom is 0.242 e. The number of hydrogen-bond acceptors (Lipinski definition) is 4. The summed E-state index contributed by atoms with van der Waals surface area (Å²) >= 11 is 1.32. The first kappa shape index (κ1) is 18.8. The maximum atomic E-state index is 13.1. The van der Waals surface area contributed by atoms with Crippen molar-refractivity contribution in [1.29, 1.82) is 0 Å². The number of thioether (sulfide) groups is 1. The molecule has 1 atom stereocenters. The highest BCUT2D eigenvalue weighted by atomic mass is 32.2. The Labute approximate surface area is 161 Å². The van der Waals surface area contributed by atoms with E-state index in [9.17, 15) is 9.18 Å². The highest BCUT2D eigenvalue weighted by Crippen LogP contribution is 2.35. The molecule has 138 valence electrons. The van der Waals surface area contributed by atoms with Gasteiger partial charge < -0.3 is 9.88 Å². The maximum absolute atomic E-state index is 13.1. The van der Waals surface area contributed by atoms with E-state index in [2.05, 4.69) is 22.1 Å². The Bertz CT molecular complexity index is 925. The van der Waals surface area contributed by atoms with Gasteiger partial charge in [-0.3, -0.25) is 4.79 Å². The van der Waals surface area contributed by atoms with Crippen LogP contribution in [-0.4, -0.2) is 20.7 Å². The summed E-state index contributed by atoms with van der Waals surface area (Å²) in [4.78, 5) is 13.0. The Balaban J connectivity index is 1.88. The third-order valence-electron chi connectivity index (χ3n) is 3.89. The Morgan fingerprint density at radius 3 is 2.59 bits per heavy atom. The predicted molar refractivity (Wildman–Crippen MR) is 105 cm³/mol. The molecule has 0 aliphatic rings. The number of hydrogen-bond donors (Lipinski definition) is 1. The van der Waals surface area contributed by atoms with Crippen LogP contribution < -0.4 is 5.32 Å². The van der Waals surface area contributed by atoms with Crippen molar-refractivity contribution in [3.05, 3.63) is 84.5 Å².